The molecule has 0 radical (unpaired) electrons. The van der Waals surface area contributed by atoms with Gasteiger partial charge in [0.05, 0.1) is 4.92 Å². The smallest absolute Gasteiger partial charge is 0.307 e. The fourth-order valence-electron chi connectivity index (χ4n) is 0.418. The maximum Gasteiger partial charge on any atom is 0.307 e. The van der Waals surface area contributed by atoms with Crippen LogP contribution in [-0.4, -0.2) is 10.9 Å². The number of nitrogens with zero attached hydrogens (tertiary/aromatic N) is 1. The van der Waals surface area contributed by atoms with Crippen molar-refractivity contribution in [3.05, 3.63) is 21.6 Å². The largest absolute Gasteiger partial charge is 0.425 e. The number of carbonyl (C=O) groups is 1. The standard InChI is InChI=1S/C6H9NO4/c1-4(7(9)10)5(2)11-6(3)8/h1-3H3. The SMILES string of the molecule is CC(=O)OC(C)=C(C)[N+](=O)[O-]. The van der Waals surface area contributed by atoms with Crippen molar-refractivity contribution < 1.29 is 14.5 Å². The fourth-order valence-corrected chi connectivity index (χ4v) is 0.418. The van der Waals surface area contributed by atoms with Crippen LogP contribution in [0.1, 0.15) is 20.8 Å². The van der Waals surface area contributed by atoms with Crippen molar-refractivity contribution in [2.45, 2.75) is 20.8 Å². The first kappa shape index (κ1) is 9.61. The molecule has 0 saturated carbocycles. The lowest BCUT2D eigenvalue weighted by atomic mass is 10.4. The normalized spacial score (nSPS) is 11.9. The summed E-state index contributed by atoms with van der Waals surface area (Å²) in [5.41, 5.74) is -0.153. The van der Waals surface area contributed by atoms with Crippen LogP contribution >= 0.6 is 0 Å². The second-order valence-corrected chi connectivity index (χ2v) is 1.99. The molecule has 0 saturated heterocycles. The van der Waals surface area contributed by atoms with E-state index >= 15 is 0 Å². The first-order valence-corrected chi connectivity index (χ1v) is 2.95. The van der Waals surface area contributed by atoms with Crippen LogP contribution in [0.2, 0.25) is 0 Å². The summed E-state index contributed by atoms with van der Waals surface area (Å²) in [6.45, 7) is 3.84. The average molecular weight is 159 g/mol. The summed E-state index contributed by atoms with van der Waals surface area (Å²) in [5.74, 6) is -0.522. The molecule has 5 nitrogen and oxygen atoms in total. The summed E-state index contributed by atoms with van der Waals surface area (Å²) < 4.78 is 4.47. The van der Waals surface area contributed by atoms with Gasteiger partial charge in [-0.05, 0) is 0 Å². The van der Waals surface area contributed by atoms with E-state index in [9.17, 15) is 14.9 Å². The van der Waals surface area contributed by atoms with E-state index in [0.717, 1.165) is 0 Å². The third kappa shape index (κ3) is 3.34. The quantitative estimate of drug-likeness (QED) is 0.261. The molecule has 0 bridgehead atoms. The molecule has 0 heterocycles. The highest BCUT2D eigenvalue weighted by molar-refractivity contribution is 5.67. The zero-order valence-corrected chi connectivity index (χ0v) is 6.58. The zero-order valence-electron chi connectivity index (χ0n) is 6.58. The van der Waals surface area contributed by atoms with Gasteiger partial charge in [-0.25, -0.2) is 0 Å². The van der Waals surface area contributed by atoms with E-state index in [-0.39, 0.29) is 11.5 Å². The summed E-state index contributed by atoms with van der Waals surface area (Å²) in [6.07, 6.45) is 0. The Morgan fingerprint density at radius 1 is 1.36 bits per heavy atom. The number of allylic oxidation sites excluding steroid dienone is 2. The number of nitro groups is 1. The Hall–Kier alpha value is -1.39. The first-order chi connectivity index (χ1) is 4.95. The summed E-state index contributed by atoms with van der Waals surface area (Å²) in [4.78, 5) is 19.8. The van der Waals surface area contributed by atoms with Crippen LogP contribution in [0.4, 0.5) is 0 Å². The van der Waals surface area contributed by atoms with Crippen LogP contribution < -0.4 is 0 Å². The predicted molar refractivity (Wildman–Crippen MR) is 37.1 cm³/mol. The van der Waals surface area contributed by atoms with E-state index in [2.05, 4.69) is 4.74 Å². The van der Waals surface area contributed by atoms with Crippen molar-refractivity contribution in [2.24, 2.45) is 0 Å². The number of ether oxygens (including phenoxy) is 1. The molecule has 11 heavy (non-hydrogen) atoms. The molecule has 5 heteroatoms. The van der Waals surface area contributed by atoms with Gasteiger partial charge >= 0.3 is 5.97 Å². The monoisotopic (exact) mass is 159 g/mol. The van der Waals surface area contributed by atoms with Crippen molar-refractivity contribution in [3.63, 3.8) is 0 Å². The minimum Gasteiger partial charge on any atom is -0.425 e. The molecule has 0 spiro atoms. The lowest BCUT2D eigenvalue weighted by Gasteiger charge is -1.98. The summed E-state index contributed by atoms with van der Waals surface area (Å²) in [5, 5.41) is 10.1. The summed E-state index contributed by atoms with van der Waals surface area (Å²) >= 11 is 0. The van der Waals surface area contributed by atoms with Gasteiger partial charge in [-0.15, -0.1) is 0 Å². The highest BCUT2D eigenvalue weighted by Gasteiger charge is 2.10. The van der Waals surface area contributed by atoms with E-state index in [1.54, 1.807) is 0 Å². The van der Waals surface area contributed by atoms with E-state index in [4.69, 9.17) is 0 Å². The van der Waals surface area contributed by atoms with E-state index in [1.165, 1.54) is 20.8 Å². The number of rotatable bonds is 2. The molecule has 0 aromatic heterocycles. The summed E-state index contributed by atoms with van der Waals surface area (Å²) in [6, 6.07) is 0. The molecule has 0 aliphatic heterocycles. The lowest BCUT2D eigenvalue weighted by Crippen LogP contribution is -2.03. The Morgan fingerprint density at radius 2 is 1.82 bits per heavy atom. The van der Waals surface area contributed by atoms with Gasteiger partial charge in [0, 0.05) is 20.8 Å². The van der Waals surface area contributed by atoms with Crippen LogP contribution in [0.25, 0.3) is 0 Å². The van der Waals surface area contributed by atoms with Crippen molar-refractivity contribution in [3.8, 4) is 0 Å². The Labute approximate surface area is 63.8 Å². The van der Waals surface area contributed by atoms with Crippen LogP contribution in [0.3, 0.4) is 0 Å². The third-order valence-electron chi connectivity index (χ3n) is 1.08. The molecule has 0 rings (SSSR count). The van der Waals surface area contributed by atoms with Crippen molar-refractivity contribution >= 4 is 5.97 Å². The lowest BCUT2D eigenvalue weighted by molar-refractivity contribution is -0.427. The number of hydrogen-bond donors (Lipinski definition) is 0. The molecule has 0 fully saturated rings. The average Bonchev–Trinajstić information content (AvgIpc) is 1.84. The molecule has 0 aliphatic carbocycles. The molecule has 0 atom stereocenters. The van der Waals surface area contributed by atoms with Crippen LogP contribution in [0, 0.1) is 10.1 Å². The summed E-state index contributed by atoms with van der Waals surface area (Å²) in [7, 11) is 0. The molecule has 0 aromatic carbocycles. The second-order valence-electron chi connectivity index (χ2n) is 1.99. The van der Waals surface area contributed by atoms with Gasteiger partial charge in [-0.3, -0.25) is 14.9 Å². The van der Waals surface area contributed by atoms with E-state index < -0.39 is 10.9 Å². The third-order valence-corrected chi connectivity index (χ3v) is 1.08. The zero-order chi connectivity index (χ0) is 9.02. The minimum absolute atomic E-state index is 0.0301. The highest BCUT2D eigenvalue weighted by atomic mass is 16.6. The van der Waals surface area contributed by atoms with Gasteiger partial charge in [0.25, 0.3) is 5.70 Å². The van der Waals surface area contributed by atoms with E-state index in [0.29, 0.717) is 0 Å². The van der Waals surface area contributed by atoms with Crippen LogP contribution in [-0.2, 0) is 9.53 Å². The molecule has 0 aromatic rings. The minimum atomic E-state index is -0.599. The molecule has 0 N–H and O–H groups in total. The Morgan fingerprint density at radius 3 is 2.09 bits per heavy atom. The molecule has 0 aliphatic rings. The number of esters is 1. The van der Waals surface area contributed by atoms with Gasteiger partial charge in [0.15, 0.2) is 5.76 Å². The molecule has 0 unspecified atom stereocenters. The molecule has 62 valence electrons. The maximum absolute atomic E-state index is 10.3. The van der Waals surface area contributed by atoms with Crippen molar-refractivity contribution in [1.29, 1.82) is 0 Å². The Bertz CT molecular complexity index is 219. The predicted octanol–water partition coefficient (Wildman–Crippen LogP) is 1.08. The van der Waals surface area contributed by atoms with Crippen LogP contribution in [0.15, 0.2) is 11.5 Å². The second kappa shape index (κ2) is 3.70. The maximum atomic E-state index is 10.3. The fraction of sp³-hybridized carbons (Fsp3) is 0.500. The molecule has 0 amide bonds. The number of carbonyl (C=O) groups excluding carboxylic acids is 1. The Balaban J connectivity index is 4.40. The van der Waals surface area contributed by atoms with Crippen LogP contribution in [0.5, 0.6) is 0 Å². The van der Waals surface area contributed by atoms with Gasteiger partial charge in [0.2, 0.25) is 0 Å². The Kier molecular flexibility index (Phi) is 3.23. The molecular formula is C6H9NO4. The van der Waals surface area contributed by atoms with Gasteiger partial charge in [0.1, 0.15) is 0 Å². The first-order valence-electron chi connectivity index (χ1n) is 2.95. The van der Waals surface area contributed by atoms with Gasteiger partial charge < -0.3 is 4.74 Å². The van der Waals surface area contributed by atoms with Gasteiger partial charge in [-0.1, -0.05) is 0 Å². The van der Waals surface area contributed by atoms with Gasteiger partial charge in [-0.2, -0.15) is 0 Å². The van der Waals surface area contributed by atoms with Crippen molar-refractivity contribution in [2.75, 3.05) is 0 Å². The molecular weight excluding hydrogens is 150 g/mol. The van der Waals surface area contributed by atoms with E-state index in [1.807, 2.05) is 0 Å². The highest BCUT2D eigenvalue weighted by Crippen LogP contribution is 2.04. The topological polar surface area (TPSA) is 69.4 Å². The van der Waals surface area contributed by atoms with Crippen molar-refractivity contribution in [1.82, 2.24) is 0 Å². The number of hydrogen-bond acceptors (Lipinski definition) is 4.